The third-order valence-electron chi connectivity index (χ3n) is 9.52. The van der Waals surface area contributed by atoms with Gasteiger partial charge in [0, 0.05) is 45.7 Å². The molecule has 3 heterocycles. The molecule has 0 spiro atoms. The minimum Gasteiger partial charge on any atom is -0.850 e. The van der Waals surface area contributed by atoms with E-state index < -0.39 is 37.4 Å². The zero-order valence-corrected chi connectivity index (χ0v) is 41.8. The number of aliphatic imine (C=N–C) groups is 1. The maximum absolute atomic E-state index is 14.4. The van der Waals surface area contributed by atoms with Gasteiger partial charge in [-0.15, -0.1) is 5.60 Å². The quantitative estimate of drug-likeness (QED) is 0.0601. The van der Waals surface area contributed by atoms with Crippen LogP contribution in [0.25, 0.3) is 11.0 Å². The molecule has 2 aliphatic heterocycles. The second-order valence-electron chi connectivity index (χ2n) is 15.8. The van der Waals surface area contributed by atoms with Crippen LogP contribution < -0.4 is 67.3 Å². The Morgan fingerprint density at radius 2 is 1.25 bits per heavy atom. The zero-order valence-electron chi connectivity index (χ0n) is 37.1. The van der Waals surface area contributed by atoms with Crippen molar-refractivity contribution in [1.82, 2.24) is 19.2 Å². The van der Waals surface area contributed by atoms with Gasteiger partial charge in [-0.3, -0.25) is 20.3 Å². The second-order valence-corrected chi connectivity index (χ2v) is 19.6. The van der Waals surface area contributed by atoms with Gasteiger partial charge in [-0.1, -0.05) is 62.3 Å². The number of nitrogens with zero attached hydrogens (tertiary/aromatic N) is 4. The summed E-state index contributed by atoms with van der Waals surface area (Å²) in [6.07, 6.45) is 1.17. The van der Waals surface area contributed by atoms with Gasteiger partial charge in [0.1, 0.15) is 18.0 Å². The van der Waals surface area contributed by atoms with Gasteiger partial charge in [0.05, 0.1) is 26.4 Å². The monoisotopic (exact) mass is 962 g/mol. The number of nitrogens with one attached hydrogen (secondary N) is 2. The molecule has 344 valence electrons. The first kappa shape index (κ1) is 53.5. The van der Waals surface area contributed by atoms with Crippen LogP contribution in [-0.4, -0.2) is 97.6 Å². The van der Waals surface area contributed by atoms with E-state index in [2.05, 4.69) is 15.5 Å². The van der Waals surface area contributed by atoms with E-state index in [-0.39, 0.29) is 104 Å². The maximum atomic E-state index is 14.4. The molecule has 3 N–H and O–H groups in total. The molecular weight excluding hydrogens is 911 g/mol. The molecule has 5 aromatic rings. The number of sulfonamides is 2. The molecule has 65 heavy (non-hydrogen) atoms. The van der Waals surface area contributed by atoms with E-state index in [0.29, 0.717) is 61.2 Å². The Morgan fingerprint density at radius 1 is 0.785 bits per heavy atom. The van der Waals surface area contributed by atoms with Crippen LogP contribution in [0.2, 0.25) is 0 Å². The summed E-state index contributed by atoms with van der Waals surface area (Å²) in [6, 6.07) is 26.0. The Morgan fingerprint density at radius 3 is 1.72 bits per heavy atom. The first-order chi connectivity index (χ1) is 30.2. The largest absolute Gasteiger partial charge is 1.00 e. The van der Waals surface area contributed by atoms with E-state index >= 15 is 0 Å². The Hall–Kier alpha value is -4.13. The van der Waals surface area contributed by atoms with Gasteiger partial charge in [-0.25, -0.2) is 26.2 Å². The topological polar surface area (TPSA) is 233 Å². The van der Waals surface area contributed by atoms with Crippen LogP contribution in [-0.2, 0) is 39.1 Å². The minimum atomic E-state index is -3.91. The summed E-state index contributed by atoms with van der Waals surface area (Å²) < 4.78 is 85.0. The van der Waals surface area contributed by atoms with Crippen LogP contribution in [0.4, 0.5) is 21.6 Å². The van der Waals surface area contributed by atoms with Crippen LogP contribution in [0.1, 0.15) is 65.9 Å². The van der Waals surface area contributed by atoms with Gasteiger partial charge in [0.15, 0.2) is 17.2 Å². The molecule has 0 amide bonds. The van der Waals surface area contributed by atoms with Gasteiger partial charge in [0.25, 0.3) is 0 Å². The van der Waals surface area contributed by atoms with Crippen molar-refractivity contribution in [2.45, 2.75) is 87.9 Å². The molecular formula is C44H52FKN6O11S2. The number of ether oxygens (including phenoxy) is 2. The Bertz CT molecular complexity index is 2610. The van der Waals surface area contributed by atoms with E-state index in [0.717, 1.165) is 17.8 Å². The van der Waals surface area contributed by atoms with Crippen LogP contribution >= 0.6 is 0 Å². The Kier molecular flexibility index (Phi) is 19.8. The third-order valence-corrected chi connectivity index (χ3v) is 13.3. The minimum absolute atomic E-state index is 0. The van der Waals surface area contributed by atoms with E-state index in [1.54, 1.807) is 63.2 Å². The number of carbonyl (C=O) groups is 2. The van der Waals surface area contributed by atoms with Gasteiger partial charge in [-0.05, 0) is 86.3 Å². The van der Waals surface area contributed by atoms with Crippen LogP contribution in [0.15, 0.2) is 116 Å². The van der Waals surface area contributed by atoms with Crippen molar-refractivity contribution in [2.75, 3.05) is 31.5 Å². The van der Waals surface area contributed by atoms with Crippen molar-refractivity contribution in [1.29, 1.82) is 0 Å². The Labute approximate surface area is 420 Å². The number of para-hydroxylation sites is 2. The fourth-order valence-corrected chi connectivity index (χ4v) is 9.59. The number of hydrogen-bond acceptors (Lipinski definition) is 14. The number of rotatable bonds is 10. The molecule has 2 fully saturated rings. The van der Waals surface area contributed by atoms with Crippen molar-refractivity contribution in [3.63, 3.8) is 0 Å². The summed E-state index contributed by atoms with van der Waals surface area (Å²) in [5.41, 5.74) is 2.68. The second kappa shape index (κ2) is 24.1. The third kappa shape index (κ3) is 15.7. The Balaban J connectivity index is 0.000000254. The summed E-state index contributed by atoms with van der Waals surface area (Å²) in [4.78, 5) is 26.4. The molecule has 17 nitrogen and oxygen atoms in total. The number of esters is 2. The first-order valence-electron chi connectivity index (χ1n) is 20.3. The average Bonchev–Trinajstić information content (AvgIpc) is 3.65. The van der Waals surface area contributed by atoms with E-state index in [1.807, 2.05) is 35.8 Å². The molecule has 0 radical (unpaired) electrons. The van der Waals surface area contributed by atoms with E-state index in [9.17, 15) is 41.1 Å². The molecule has 0 bridgehead atoms. The maximum Gasteiger partial charge on any atom is 1.00 e. The zero-order chi connectivity index (χ0) is 46.7. The molecule has 4 aromatic carbocycles. The number of halogens is 1. The normalized spacial score (nSPS) is 15.6. The number of fused-ring (bicyclic) bond motifs is 1. The molecule has 0 atom stereocenters. The molecule has 21 heteroatoms. The number of piperidine rings is 2. The summed E-state index contributed by atoms with van der Waals surface area (Å²) in [5, 5.41) is 27.3. The van der Waals surface area contributed by atoms with Gasteiger partial charge >= 0.3 is 63.3 Å². The number of hydroxylamine groups is 1. The summed E-state index contributed by atoms with van der Waals surface area (Å²) in [6.45, 7) is 8.53. The fourth-order valence-electron chi connectivity index (χ4n) is 6.60. The number of amidine groups is 1. The van der Waals surface area contributed by atoms with Gasteiger partial charge < -0.3 is 24.4 Å². The van der Waals surface area contributed by atoms with Crippen molar-refractivity contribution >= 4 is 66.0 Å². The first-order valence-corrected chi connectivity index (χ1v) is 23.2. The SMILES string of the molecule is CC(=O)OC1CCN(S(=O)(=O)c2ccc(F)c(C(=Nc3ccccc3)NO)c2)CC1.CC(=O)OC1CCN(S(=O)(=O)c2ccc3onc(Nc4ccccc4)c3c2)CC1.CC(C)(C)[O-].[K+]. The number of carbonyl (C=O) groups excluding carboxylic acids is 2. The van der Waals surface area contributed by atoms with Crippen LogP contribution in [0, 0.1) is 5.82 Å². The van der Waals surface area contributed by atoms with Gasteiger partial charge in [0.2, 0.25) is 20.0 Å². The predicted octanol–water partition coefficient (Wildman–Crippen LogP) is 3.04. The molecule has 7 rings (SSSR count). The average molecular weight is 963 g/mol. The van der Waals surface area contributed by atoms with E-state index in [1.165, 1.54) is 34.6 Å². The molecule has 2 aliphatic rings. The van der Waals surface area contributed by atoms with E-state index in [4.69, 9.17) is 14.0 Å². The number of anilines is 2. The number of hydrogen-bond donors (Lipinski definition) is 3. The summed E-state index contributed by atoms with van der Waals surface area (Å²) in [7, 11) is -7.58. The molecule has 0 aliphatic carbocycles. The summed E-state index contributed by atoms with van der Waals surface area (Å²) in [5.74, 6) is -1.25. The molecule has 2 saturated heterocycles. The van der Waals surface area contributed by atoms with Crippen molar-refractivity contribution in [3.05, 3.63) is 108 Å². The molecule has 1 aromatic heterocycles. The van der Waals surface area contributed by atoms with Crippen LogP contribution in [0.5, 0.6) is 0 Å². The molecule has 0 saturated carbocycles. The summed E-state index contributed by atoms with van der Waals surface area (Å²) >= 11 is 0. The van der Waals surface area contributed by atoms with Crippen LogP contribution in [0.3, 0.4) is 0 Å². The predicted molar refractivity (Wildman–Crippen MR) is 235 cm³/mol. The van der Waals surface area contributed by atoms with Crippen molar-refractivity contribution < 1.29 is 107 Å². The van der Waals surface area contributed by atoms with Gasteiger partial charge in [-0.2, -0.15) is 8.61 Å². The standard InChI is InChI=1S/C20H22FN3O5S.C20H21N3O5S.C4H9O.K/c1-14(25)29-16-9-11-24(12-10-16)30(27,28)17-7-8-19(21)18(13-17)20(23-26)22-15-5-3-2-4-6-15;1-14(24)27-16-9-11-23(12-10-16)29(25,26)17-7-8-19-18(13-17)20(22-28-19)21-15-5-3-2-4-6-15;1-4(2,3)5;/h2-8,13,16,26H,9-12H2,1H3,(H,22,23);2-8,13,16H,9-12H2,1H3,(H,21,22);1-3H3;/q;;-1;+1. The molecule has 0 unspecified atom stereocenters. The fraction of sp³-hybridized carbons (Fsp3) is 0.364. The number of aromatic nitrogens is 1. The van der Waals surface area contributed by atoms with Crippen molar-refractivity contribution in [2.24, 2.45) is 4.99 Å². The van der Waals surface area contributed by atoms with Crippen molar-refractivity contribution in [3.8, 4) is 0 Å². The smallest absolute Gasteiger partial charge is 0.850 e. The number of benzene rings is 4.